The zero-order valence-electron chi connectivity index (χ0n) is 11.4. The van der Waals surface area contributed by atoms with E-state index in [0.717, 1.165) is 25.0 Å². The van der Waals surface area contributed by atoms with Crippen molar-refractivity contribution in [2.24, 2.45) is 0 Å². The Hall–Kier alpha value is -1.16. The summed E-state index contributed by atoms with van der Waals surface area (Å²) >= 11 is 1.69. The average molecular weight is 277 g/mol. The van der Waals surface area contributed by atoms with Crippen molar-refractivity contribution in [2.45, 2.75) is 44.1 Å². The first-order chi connectivity index (χ1) is 9.02. The monoisotopic (exact) mass is 277 g/mol. The molecule has 0 spiro atoms. The van der Waals surface area contributed by atoms with Crippen LogP contribution in [0.25, 0.3) is 0 Å². The molecule has 2 heterocycles. The fraction of sp³-hybridized carbons (Fsp3) is 0.533. The first-order valence-electron chi connectivity index (χ1n) is 6.74. The number of aryl methyl sites for hydroxylation is 1. The second kappa shape index (κ2) is 4.75. The van der Waals surface area contributed by atoms with Crippen molar-refractivity contribution in [1.82, 2.24) is 5.32 Å². The minimum atomic E-state index is -0.0518. The minimum absolute atomic E-state index is 0.0518. The number of nitrogens with one attached hydrogen (secondary N) is 1. The fourth-order valence-corrected chi connectivity index (χ4v) is 3.56. The molecule has 0 bridgehead atoms. The van der Waals surface area contributed by atoms with Crippen molar-refractivity contribution in [3.63, 3.8) is 0 Å². The van der Waals surface area contributed by atoms with E-state index in [1.165, 1.54) is 11.1 Å². The van der Waals surface area contributed by atoms with Crippen LogP contribution in [0.15, 0.2) is 18.2 Å². The molecule has 1 amide bonds. The summed E-state index contributed by atoms with van der Waals surface area (Å²) in [6.45, 7) is 4.27. The van der Waals surface area contributed by atoms with E-state index in [4.69, 9.17) is 4.74 Å². The highest BCUT2D eigenvalue weighted by molar-refractivity contribution is 8.01. The van der Waals surface area contributed by atoms with Gasteiger partial charge < -0.3 is 10.1 Å². The van der Waals surface area contributed by atoms with Crippen LogP contribution in [-0.4, -0.2) is 22.6 Å². The molecule has 1 aromatic rings. The molecule has 3 rings (SSSR count). The Morgan fingerprint density at radius 3 is 3.05 bits per heavy atom. The maximum atomic E-state index is 11.2. The van der Waals surface area contributed by atoms with Crippen LogP contribution in [0.3, 0.4) is 0 Å². The number of hydrogen-bond donors (Lipinski definition) is 1. The van der Waals surface area contributed by atoms with Gasteiger partial charge in [0.2, 0.25) is 5.91 Å². The van der Waals surface area contributed by atoms with Gasteiger partial charge in [0, 0.05) is 6.42 Å². The number of amides is 1. The molecular formula is C15H19NO2S. The van der Waals surface area contributed by atoms with E-state index in [2.05, 4.69) is 37.4 Å². The molecule has 1 N–H and O–H groups in total. The summed E-state index contributed by atoms with van der Waals surface area (Å²) in [5.41, 5.74) is 2.52. The Morgan fingerprint density at radius 1 is 1.47 bits per heavy atom. The van der Waals surface area contributed by atoms with Gasteiger partial charge >= 0.3 is 0 Å². The molecule has 1 saturated heterocycles. The Balaban J connectivity index is 1.73. The largest absolute Gasteiger partial charge is 0.488 e. The van der Waals surface area contributed by atoms with Crippen LogP contribution < -0.4 is 10.1 Å². The van der Waals surface area contributed by atoms with Gasteiger partial charge in [-0.1, -0.05) is 12.1 Å². The number of thioether (sulfide) groups is 1. The quantitative estimate of drug-likeness (QED) is 0.902. The van der Waals surface area contributed by atoms with E-state index < -0.39 is 0 Å². The van der Waals surface area contributed by atoms with Gasteiger partial charge in [0.15, 0.2) is 0 Å². The molecule has 0 saturated carbocycles. The molecule has 3 nitrogen and oxygen atoms in total. The molecule has 19 heavy (non-hydrogen) atoms. The van der Waals surface area contributed by atoms with Gasteiger partial charge in [-0.15, -0.1) is 11.8 Å². The molecule has 0 aliphatic carbocycles. The van der Waals surface area contributed by atoms with Crippen LogP contribution in [0.4, 0.5) is 0 Å². The van der Waals surface area contributed by atoms with Gasteiger partial charge in [0.1, 0.15) is 11.4 Å². The molecule has 1 unspecified atom stereocenters. The van der Waals surface area contributed by atoms with Crippen molar-refractivity contribution in [1.29, 1.82) is 0 Å². The van der Waals surface area contributed by atoms with Crippen molar-refractivity contribution < 1.29 is 9.53 Å². The highest BCUT2D eigenvalue weighted by Gasteiger charge is 2.27. The zero-order chi connectivity index (χ0) is 13.5. The number of ether oxygens (including phenoxy) is 1. The number of carbonyl (C=O) groups excluding carboxylic acids is 1. The molecule has 102 valence electrons. The van der Waals surface area contributed by atoms with Crippen molar-refractivity contribution in [2.75, 3.05) is 5.75 Å². The Labute approximate surface area is 118 Å². The predicted molar refractivity (Wildman–Crippen MR) is 77.6 cm³/mol. The van der Waals surface area contributed by atoms with E-state index >= 15 is 0 Å². The smallest absolute Gasteiger partial charge is 0.230 e. The number of benzene rings is 1. The SMILES string of the molecule is CC1(C)CCc2cc(CC3NC(=O)CS3)ccc2O1. The Morgan fingerprint density at radius 2 is 2.32 bits per heavy atom. The second-order valence-electron chi connectivity index (χ2n) is 5.88. The van der Waals surface area contributed by atoms with E-state index in [1.807, 2.05) is 0 Å². The molecule has 1 atom stereocenters. The summed E-state index contributed by atoms with van der Waals surface area (Å²) in [7, 11) is 0. The van der Waals surface area contributed by atoms with E-state index in [9.17, 15) is 4.79 Å². The standard InChI is InChI=1S/C15H19NO2S/c1-15(2)6-5-11-7-10(3-4-12(11)18-15)8-14-16-13(17)9-19-14/h3-4,7,14H,5-6,8-9H2,1-2H3,(H,16,17). The van der Waals surface area contributed by atoms with Crippen LogP contribution in [0.1, 0.15) is 31.4 Å². The van der Waals surface area contributed by atoms with Crippen LogP contribution in [0, 0.1) is 0 Å². The van der Waals surface area contributed by atoms with Gasteiger partial charge in [-0.3, -0.25) is 4.79 Å². The third-order valence-corrected chi connectivity index (χ3v) is 4.78. The highest BCUT2D eigenvalue weighted by atomic mass is 32.2. The molecule has 2 aliphatic heterocycles. The fourth-order valence-electron chi connectivity index (χ4n) is 2.60. The number of hydrogen-bond acceptors (Lipinski definition) is 3. The summed E-state index contributed by atoms with van der Waals surface area (Å²) in [5.74, 6) is 1.76. The van der Waals surface area contributed by atoms with Crippen LogP contribution in [-0.2, 0) is 17.6 Å². The second-order valence-corrected chi connectivity index (χ2v) is 7.07. The summed E-state index contributed by atoms with van der Waals surface area (Å²) < 4.78 is 5.99. The summed E-state index contributed by atoms with van der Waals surface area (Å²) in [6.07, 6.45) is 3.02. The van der Waals surface area contributed by atoms with Gasteiger partial charge in [0.05, 0.1) is 11.1 Å². The van der Waals surface area contributed by atoms with E-state index in [1.54, 1.807) is 11.8 Å². The Kier molecular flexibility index (Phi) is 3.21. The maximum Gasteiger partial charge on any atom is 0.230 e. The number of carbonyl (C=O) groups is 1. The zero-order valence-corrected chi connectivity index (χ0v) is 12.2. The summed E-state index contributed by atoms with van der Waals surface area (Å²) in [4.78, 5) is 11.2. The van der Waals surface area contributed by atoms with Crippen molar-refractivity contribution in [3.05, 3.63) is 29.3 Å². The topological polar surface area (TPSA) is 38.3 Å². The molecular weight excluding hydrogens is 258 g/mol. The maximum absolute atomic E-state index is 11.2. The lowest BCUT2D eigenvalue weighted by Crippen LogP contribution is -2.32. The van der Waals surface area contributed by atoms with Gasteiger partial charge in [-0.25, -0.2) is 0 Å². The van der Waals surface area contributed by atoms with Crippen molar-refractivity contribution in [3.8, 4) is 5.75 Å². The van der Waals surface area contributed by atoms with E-state index in [-0.39, 0.29) is 16.9 Å². The minimum Gasteiger partial charge on any atom is -0.488 e. The molecule has 2 aliphatic rings. The number of fused-ring (bicyclic) bond motifs is 1. The average Bonchev–Trinajstić information content (AvgIpc) is 2.74. The lowest BCUT2D eigenvalue weighted by Gasteiger charge is -2.32. The molecule has 1 aromatic carbocycles. The van der Waals surface area contributed by atoms with Gasteiger partial charge in [0.25, 0.3) is 0 Å². The highest BCUT2D eigenvalue weighted by Crippen LogP contribution is 2.34. The van der Waals surface area contributed by atoms with Crippen LogP contribution in [0.2, 0.25) is 0 Å². The third-order valence-electron chi connectivity index (χ3n) is 3.67. The first-order valence-corrected chi connectivity index (χ1v) is 7.78. The van der Waals surface area contributed by atoms with Gasteiger partial charge in [-0.05, 0) is 43.9 Å². The van der Waals surface area contributed by atoms with Crippen LogP contribution in [0.5, 0.6) is 5.75 Å². The summed E-state index contributed by atoms with van der Waals surface area (Å²) in [6, 6.07) is 6.42. The first kappa shape index (κ1) is 12.9. The Bertz CT molecular complexity index is 513. The molecule has 0 radical (unpaired) electrons. The molecule has 1 fully saturated rings. The predicted octanol–water partition coefficient (Wildman–Crippen LogP) is 2.52. The van der Waals surface area contributed by atoms with Crippen molar-refractivity contribution >= 4 is 17.7 Å². The lowest BCUT2D eigenvalue weighted by atomic mass is 9.93. The number of rotatable bonds is 2. The normalized spacial score (nSPS) is 24.5. The van der Waals surface area contributed by atoms with E-state index in [0.29, 0.717) is 5.75 Å². The molecule has 0 aromatic heterocycles. The summed E-state index contributed by atoms with van der Waals surface area (Å²) in [5, 5.41) is 3.22. The lowest BCUT2D eigenvalue weighted by molar-refractivity contribution is -0.118. The van der Waals surface area contributed by atoms with Crippen LogP contribution >= 0.6 is 11.8 Å². The third kappa shape index (κ3) is 2.89. The molecule has 4 heteroatoms. The van der Waals surface area contributed by atoms with Gasteiger partial charge in [-0.2, -0.15) is 0 Å².